The van der Waals surface area contributed by atoms with Crippen LogP contribution in [0.1, 0.15) is 33.6 Å². The van der Waals surface area contributed by atoms with Crippen LogP contribution in [-0.4, -0.2) is 34.3 Å². The lowest BCUT2D eigenvalue weighted by Gasteiger charge is -2.18. The summed E-state index contributed by atoms with van der Waals surface area (Å²) in [6.07, 6.45) is 1.03. The summed E-state index contributed by atoms with van der Waals surface area (Å²) in [5.74, 6) is -1.75. The van der Waals surface area contributed by atoms with E-state index in [1.165, 1.54) is 0 Å². The van der Waals surface area contributed by atoms with Crippen molar-refractivity contribution >= 4 is 33.7 Å². The van der Waals surface area contributed by atoms with Gasteiger partial charge in [0.1, 0.15) is 0 Å². The molecule has 0 spiro atoms. The third-order valence-electron chi connectivity index (χ3n) is 3.70. The average Bonchev–Trinajstić information content (AvgIpc) is 3.11. The number of halogens is 1. The van der Waals surface area contributed by atoms with Gasteiger partial charge in [-0.25, -0.2) is 0 Å². The molecule has 3 rings (SSSR count). The molecule has 2 amide bonds. The zero-order valence-electron chi connectivity index (χ0n) is 9.85. The molecule has 1 saturated carbocycles. The van der Waals surface area contributed by atoms with Gasteiger partial charge in [0, 0.05) is 11.0 Å². The molecular weight excluding hydrogens is 314 g/mol. The lowest BCUT2D eigenvalue weighted by molar-refractivity contribution is -0.143. The number of aliphatic carboxylic acids is 1. The first-order valence-electron chi connectivity index (χ1n) is 5.84. The normalized spacial score (nSPS) is 19.5. The Bertz CT molecular complexity index is 621. The average molecular weight is 324 g/mol. The van der Waals surface area contributed by atoms with Crippen LogP contribution in [0.4, 0.5) is 0 Å². The summed E-state index contributed by atoms with van der Waals surface area (Å²) in [5, 5.41) is 9.14. The van der Waals surface area contributed by atoms with Crippen LogP contribution in [0.5, 0.6) is 0 Å². The third kappa shape index (κ3) is 1.78. The second-order valence-corrected chi connectivity index (χ2v) is 5.89. The molecular formula is C13H10BrNO4. The number of imide groups is 1. The van der Waals surface area contributed by atoms with E-state index in [0.29, 0.717) is 28.4 Å². The van der Waals surface area contributed by atoms with Gasteiger partial charge in [-0.15, -0.1) is 0 Å². The summed E-state index contributed by atoms with van der Waals surface area (Å²) < 4.78 is 0.716. The van der Waals surface area contributed by atoms with Gasteiger partial charge in [-0.2, -0.15) is 0 Å². The first-order valence-corrected chi connectivity index (χ1v) is 6.63. The van der Waals surface area contributed by atoms with Crippen molar-refractivity contribution in [2.45, 2.75) is 12.8 Å². The molecule has 1 fully saturated rings. The summed E-state index contributed by atoms with van der Waals surface area (Å²) in [5.41, 5.74) is -0.250. The Balaban J connectivity index is 1.93. The van der Waals surface area contributed by atoms with Crippen LogP contribution in [0.2, 0.25) is 0 Å². The minimum absolute atomic E-state index is 0.0354. The zero-order chi connectivity index (χ0) is 13.8. The van der Waals surface area contributed by atoms with Gasteiger partial charge in [-0.1, -0.05) is 15.9 Å². The van der Waals surface area contributed by atoms with Crippen molar-refractivity contribution in [3.05, 3.63) is 33.8 Å². The number of carboxylic acids is 1. The maximum absolute atomic E-state index is 12.2. The molecule has 98 valence electrons. The first kappa shape index (κ1) is 12.3. The number of carbonyl (C=O) groups excluding carboxylic acids is 2. The molecule has 5 nitrogen and oxygen atoms in total. The summed E-state index contributed by atoms with van der Waals surface area (Å²) in [4.78, 5) is 36.5. The molecule has 0 radical (unpaired) electrons. The van der Waals surface area contributed by atoms with Crippen molar-refractivity contribution in [1.29, 1.82) is 0 Å². The van der Waals surface area contributed by atoms with Gasteiger partial charge < -0.3 is 5.11 Å². The van der Waals surface area contributed by atoms with E-state index in [1.807, 2.05) is 0 Å². The van der Waals surface area contributed by atoms with Crippen LogP contribution in [0.3, 0.4) is 0 Å². The Morgan fingerprint density at radius 1 is 1.26 bits per heavy atom. The Morgan fingerprint density at radius 3 is 2.47 bits per heavy atom. The SMILES string of the molecule is O=C1c2ccc(Br)cc2C(=O)N1CC1(C(=O)O)CC1. The highest BCUT2D eigenvalue weighted by atomic mass is 79.9. The number of fused-ring (bicyclic) bond motifs is 1. The fourth-order valence-electron chi connectivity index (χ4n) is 2.30. The first-order chi connectivity index (χ1) is 8.94. The van der Waals surface area contributed by atoms with Crippen LogP contribution in [-0.2, 0) is 4.79 Å². The number of carboxylic acid groups (broad SMARTS) is 1. The summed E-state index contributed by atoms with van der Waals surface area (Å²) in [6, 6.07) is 4.87. The monoisotopic (exact) mass is 323 g/mol. The molecule has 0 atom stereocenters. The maximum atomic E-state index is 12.2. The van der Waals surface area contributed by atoms with Crippen molar-refractivity contribution in [1.82, 2.24) is 4.90 Å². The third-order valence-corrected chi connectivity index (χ3v) is 4.19. The lowest BCUT2D eigenvalue weighted by Crippen LogP contribution is -2.38. The Hall–Kier alpha value is -1.69. The zero-order valence-corrected chi connectivity index (χ0v) is 11.4. The predicted molar refractivity (Wildman–Crippen MR) is 68.8 cm³/mol. The van der Waals surface area contributed by atoms with E-state index in [-0.39, 0.29) is 6.54 Å². The van der Waals surface area contributed by atoms with Gasteiger partial charge in [-0.3, -0.25) is 19.3 Å². The smallest absolute Gasteiger partial charge is 0.311 e. The Kier molecular flexibility index (Phi) is 2.53. The molecule has 0 saturated heterocycles. The Morgan fingerprint density at radius 2 is 1.89 bits per heavy atom. The molecule has 0 aromatic heterocycles. The van der Waals surface area contributed by atoms with Gasteiger partial charge in [-0.05, 0) is 31.0 Å². The van der Waals surface area contributed by atoms with Gasteiger partial charge >= 0.3 is 5.97 Å². The van der Waals surface area contributed by atoms with Crippen molar-refractivity contribution in [3.63, 3.8) is 0 Å². The minimum Gasteiger partial charge on any atom is -0.481 e. The van der Waals surface area contributed by atoms with E-state index in [2.05, 4.69) is 15.9 Å². The van der Waals surface area contributed by atoms with Gasteiger partial charge in [0.2, 0.25) is 0 Å². The van der Waals surface area contributed by atoms with Gasteiger partial charge in [0.15, 0.2) is 0 Å². The molecule has 1 aliphatic carbocycles. The second kappa shape index (κ2) is 3.90. The highest BCUT2D eigenvalue weighted by molar-refractivity contribution is 9.10. The molecule has 1 aliphatic heterocycles. The minimum atomic E-state index is -0.940. The topological polar surface area (TPSA) is 74.7 Å². The van der Waals surface area contributed by atoms with Crippen LogP contribution in [0.15, 0.2) is 22.7 Å². The van der Waals surface area contributed by atoms with Crippen molar-refractivity contribution in [3.8, 4) is 0 Å². The van der Waals surface area contributed by atoms with E-state index < -0.39 is 23.2 Å². The number of hydrogen-bond acceptors (Lipinski definition) is 3. The van der Waals surface area contributed by atoms with Crippen molar-refractivity contribution in [2.75, 3.05) is 6.54 Å². The van der Waals surface area contributed by atoms with Crippen LogP contribution in [0, 0.1) is 5.41 Å². The maximum Gasteiger partial charge on any atom is 0.311 e. The Labute approximate surface area is 117 Å². The summed E-state index contributed by atoms with van der Waals surface area (Å²) in [7, 11) is 0. The van der Waals surface area contributed by atoms with E-state index in [1.54, 1.807) is 18.2 Å². The molecule has 1 aromatic rings. The molecule has 6 heteroatoms. The van der Waals surface area contributed by atoms with Crippen LogP contribution in [0.25, 0.3) is 0 Å². The van der Waals surface area contributed by atoms with Crippen LogP contribution >= 0.6 is 15.9 Å². The summed E-state index contributed by atoms with van der Waals surface area (Å²) in [6.45, 7) is -0.0354. The highest BCUT2D eigenvalue weighted by Crippen LogP contribution is 2.47. The number of benzene rings is 1. The van der Waals surface area contributed by atoms with E-state index >= 15 is 0 Å². The molecule has 1 aromatic carbocycles. The largest absolute Gasteiger partial charge is 0.481 e. The molecule has 0 bridgehead atoms. The molecule has 1 heterocycles. The van der Waals surface area contributed by atoms with Crippen molar-refractivity contribution in [2.24, 2.45) is 5.41 Å². The number of rotatable bonds is 3. The number of amides is 2. The summed E-state index contributed by atoms with van der Waals surface area (Å²) >= 11 is 3.25. The molecule has 0 unspecified atom stereocenters. The lowest BCUT2D eigenvalue weighted by atomic mass is 10.1. The fourth-order valence-corrected chi connectivity index (χ4v) is 2.66. The van der Waals surface area contributed by atoms with Crippen molar-refractivity contribution < 1.29 is 19.5 Å². The quantitative estimate of drug-likeness (QED) is 0.862. The molecule has 19 heavy (non-hydrogen) atoms. The second-order valence-electron chi connectivity index (χ2n) is 4.97. The van der Waals surface area contributed by atoms with Crippen LogP contribution < -0.4 is 0 Å². The van der Waals surface area contributed by atoms with E-state index in [0.717, 1.165) is 4.90 Å². The molecule has 2 aliphatic rings. The highest BCUT2D eigenvalue weighted by Gasteiger charge is 2.54. The number of hydrogen-bond donors (Lipinski definition) is 1. The standard InChI is InChI=1S/C13H10BrNO4/c14-7-1-2-8-9(5-7)11(17)15(10(8)16)6-13(3-4-13)12(18)19/h1-2,5H,3-4,6H2,(H,18,19). The van der Waals surface area contributed by atoms with Gasteiger partial charge in [0.25, 0.3) is 11.8 Å². The number of nitrogens with zero attached hydrogens (tertiary/aromatic N) is 1. The molecule has 1 N–H and O–H groups in total. The number of carbonyl (C=O) groups is 3. The van der Waals surface area contributed by atoms with Gasteiger partial charge in [0.05, 0.1) is 16.5 Å². The fraction of sp³-hybridized carbons (Fsp3) is 0.308. The van der Waals surface area contributed by atoms with E-state index in [4.69, 9.17) is 5.11 Å². The van der Waals surface area contributed by atoms with E-state index in [9.17, 15) is 14.4 Å². The predicted octanol–water partition coefficient (Wildman–Crippen LogP) is 1.91.